The van der Waals surface area contributed by atoms with Crippen LogP contribution in [0.15, 0.2) is 16.9 Å². The second kappa shape index (κ2) is 10.7. The number of pyridine rings is 1. The van der Waals surface area contributed by atoms with Crippen molar-refractivity contribution in [1.82, 2.24) is 4.57 Å². The van der Waals surface area contributed by atoms with Gasteiger partial charge in [0.1, 0.15) is 11.6 Å². The van der Waals surface area contributed by atoms with Crippen LogP contribution in [0.4, 0.5) is 0 Å². The molecule has 0 aliphatic rings. The lowest BCUT2D eigenvalue weighted by Gasteiger charge is -2.17. The minimum Gasteiger partial charge on any atom is -0.494 e. The third kappa shape index (κ3) is 5.41. The molecule has 0 saturated heterocycles. The Kier molecular flexibility index (Phi) is 8.55. The maximum atomic E-state index is 13.3. The minimum absolute atomic E-state index is 0.00818. The van der Waals surface area contributed by atoms with Crippen molar-refractivity contribution in [2.45, 2.75) is 53.5 Å². The summed E-state index contributed by atoms with van der Waals surface area (Å²) in [6, 6.07) is 4.67. The van der Waals surface area contributed by atoms with E-state index in [0.717, 1.165) is 23.8 Å². The number of hydrogen-bond acceptors (Lipinski definition) is 5. The molecule has 8 heteroatoms. The molecule has 6 nitrogen and oxygen atoms in total. The van der Waals surface area contributed by atoms with Crippen molar-refractivity contribution in [3.63, 3.8) is 0 Å². The van der Waals surface area contributed by atoms with Gasteiger partial charge in [0.15, 0.2) is 11.5 Å². The van der Waals surface area contributed by atoms with Crippen LogP contribution in [0, 0.1) is 24.2 Å². The minimum atomic E-state index is -0.630. The highest BCUT2D eigenvalue weighted by Gasteiger charge is 2.26. The average Bonchev–Trinajstić information content (AvgIpc) is 2.70. The second-order valence-electron chi connectivity index (χ2n) is 7.77. The molecule has 0 unspecified atom stereocenters. The average molecular weight is 465 g/mol. The molecule has 0 spiro atoms. The Balaban J connectivity index is 2.54. The summed E-state index contributed by atoms with van der Waals surface area (Å²) >= 11 is 12.6. The molecule has 0 radical (unpaired) electrons. The van der Waals surface area contributed by atoms with E-state index in [1.165, 1.54) is 19.1 Å². The number of nitrogens with zero attached hydrogens (tertiary/aromatic N) is 2. The molecule has 2 rings (SSSR count). The standard InChI is InChI=1S/C23H26Cl2N2O4/c1-5-6-7-8-31-21-17(24)9-15(10-18(21)25)20(28)19-14(4)16(11-26)22(29)27(23(19)30)12-13(2)3/h9-10,13,30H,5-8,12H2,1-4H3. The van der Waals surface area contributed by atoms with Crippen LogP contribution in [0.3, 0.4) is 0 Å². The monoisotopic (exact) mass is 464 g/mol. The van der Waals surface area contributed by atoms with Crippen molar-refractivity contribution < 1.29 is 14.6 Å². The van der Waals surface area contributed by atoms with Gasteiger partial charge in [-0.15, -0.1) is 0 Å². The van der Waals surface area contributed by atoms with Gasteiger partial charge in [-0.1, -0.05) is 56.8 Å². The fraction of sp³-hybridized carbons (Fsp3) is 0.435. The van der Waals surface area contributed by atoms with E-state index in [-0.39, 0.29) is 44.8 Å². The molecule has 166 valence electrons. The number of hydrogen-bond donors (Lipinski definition) is 1. The number of ether oxygens (including phenoxy) is 1. The predicted molar refractivity (Wildman–Crippen MR) is 122 cm³/mol. The molecule has 1 heterocycles. The van der Waals surface area contributed by atoms with Crippen molar-refractivity contribution in [1.29, 1.82) is 5.26 Å². The van der Waals surface area contributed by atoms with E-state index in [4.69, 9.17) is 27.9 Å². The number of benzene rings is 1. The summed E-state index contributed by atoms with van der Waals surface area (Å²) in [5, 5.41) is 20.5. The van der Waals surface area contributed by atoms with Gasteiger partial charge in [-0.25, -0.2) is 0 Å². The van der Waals surface area contributed by atoms with Crippen molar-refractivity contribution in [3.8, 4) is 17.7 Å². The first-order valence-electron chi connectivity index (χ1n) is 10.2. The van der Waals surface area contributed by atoms with E-state index in [1.54, 1.807) is 0 Å². The summed E-state index contributed by atoms with van der Waals surface area (Å²) in [6.07, 6.45) is 2.91. The molecule has 0 fully saturated rings. The van der Waals surface area contributed by atoms with Gasteiger partial charge in [-0.2, -0.15) is 5.26 Å². The third-order valence-corrected chi connectivity index (χ3v) is 5.39. The second-order valence-corrected chi connectivity index (χ2v) is 8.59. The Hall–Kier alpha value is -2.49. The summed E-state index contributed by atoms with van der Waals surface area (Å²) in [4.78, 5) is 25.9. The Labute approximate surface area is 192 Å². The van der Waals surface area contributed by atoms with E-state index >= 15 is 0 Å². The van der Waals surface area contributed by atoms with Crippen LogP contribution in [-0.2, 0) is 6.54 Å². The third-order valence-electron chi connectivity index (χ3n) is 4.83. The fourth-order valence-electron chi connectivity index (χ4n) is 3.26. The molecule has 1 aromatic carbocycles. The molecular weight excluding hydrogens is 439 g/mol. The Morgan fingerprint density at radius 1 is 1.26 bits per heavy atom. The Morgan fingerprint density at radius 2 is 1.87 bits per heavy atom. The van der Waals surface area contributed by atoms with Crippen LogP contribution in [0.25, 0.3) is 0 Å². The maximum Gasteiger partial charge on any atom is 0.271 e. The molecule has 0 saturated carbocycles. The van der Waals surface area contributed by atoms with Gasteiger partial charge in [0.05, 0.1) is 22.2 Å². The molecule has 0 aliphatic heterocycles. The normalized spacial score (nSPS) is 10.9. The Morgan fingerprint density at radius 3 is 2.39 bits per heavy atom. The van der Waals surface area contributed by atoms with Crippen molar-refractivity contribution in [3.05, 3.63) is 54.8 Å². The van der Waals surface area contributed by atoms with Gasteiger partial charge < -0.3 is 9.84 Å². The largest absolute Gasteiger partial charge is 0.494 e. The number of unbranched alkanes of at least 4 members (excludes halogenated alkanes) is 2. The molecule has 1 N–H and O–H groups in total. The van der Waals surface area contributed by atoms with E-state index in [9.17, 15) is 20.0 Å². The SMILES string of the molecule is CCCCCOc1c(Cl)cc(C(=O)c2c(C)c(C#N)c(=O)n(CC(C)C)c2O)cc1Cl. The first kappa shape index (κ1) is 24.8. The van der Waals surface area contributed by atoms with Crippen LogP contribution in [0.5, 0.6) is 11.6 Å². The zero-order valence-electron chi connectivity index (χ0n) is 18.1. The summed E-state index contributed by atoms with van der Waals surface area (Å²) < 4.78 is 6.71. The number of ketones is 1. The van der Waals surface area contributed by atoms with Crippen molar-refractivity contribution in [2.24, 2.45) is 5.92 Å². The molecule has 0 atom stereocenters. The lowest BCUT2D eigenvalue weighted by molar-refractivity contribution is 0.103. The lowest BCUT2D eigenvalue weighted by atomic mass is 9.97. The molecule has 0 bridgehead atoms. The molecular formula is C23H26Cl2N2O4. The number of rotatable bonds is 9. The smallest absolute Gasteiger partial charge is 0.271 e. The van der Waals surface area contributed by atoms with Gasteiger partial charge in [0.2, 0.25) is 5.88 Å². The van der Waals surface area contributed by atoms with Gasteiger partial charge in [-0.05, 0) is 37.0 Å². The number of carbonyl (C=O) groups excluding carboxylic acids is 1. The van der Waals surface area contributed by atoms with Crippen LogP contribution in [0.2, 0.25) is 10.0 Å². The zero-order valence-corrected chi connectivity index (χ0v) is 19.6. The first-order chi connectivity index (χ1) is 14.6. The topological polar surface area (TPSA) is 92.3 Å². The van der Waals surface area contributed by atoms with Crippen LogP contribution >= 0.6 is 23.2 Å². The summed E-state index contributed by atoms with van der Waals surface area (Å²) in [7, 11) is 0. The number of nitriles is 1. The van der Waals surface area contributed by atoms with Crippen molar-refractivity contribution >= 4 is 29.0 Å². The summed E-state index contributed by atoms with van der Waals surface area (Å²) in [5.41, 5.74) is -0.708. The fourth-order valence-corrected chi connectivity index (χ4v) is 3.85. The molecule has 0 amide bonds. The van der Waals surface area contributed by atoms with Crippen LogP contribution < -0.4 is 10.3 Å². The summed E-state index contributed by atoms with van der Waals surface area (Å²) in [6.45, 7) is 7.87. The van der Waals surface area contributed by atoms with Crippen LogP contribution in [-0.4, -0.2) is 22.1 Å². The first-order valence-corrected chi connectivity index (χ1v) is 10.9. The van der Waals surface area contributed by atoms with E-state index in [0.29, 0.717) is 12.4 Å². The molecule has 1 aromatic heterocycles. The van der Waals surface area contributed by atoms with Gasteiger partial charge in [0, 0.05) is 12.1 Å². The molecule has 0 aliphatic carbocycles. The van der Waals surface area contributed by atoms with Crippen molar-refractivity contribution in [2.75, 3.05) is 6.61 Å². The number of aromatic hydroxyl groups is 1. The van der Waals surface area contributed by atoms with E-state index in [2.05, 4.69) is 6.92 Å². The van der Waals surface area contributed by atoms with Crippen LogP contribution in [0.1, 0.15) is 67.1 Å². The highest BCUT2D eigenvalue weighted by molar-refractivity contribution is 6.38. The summed E-state index contributed by atoms with van der Waals surface area (Å²) in [5.74, 6) is -0.772. The number of carbonyl (C=O) groups is 1. The van der Waals surface area contributed by atoms with E-state index < -0.39 is 17.2 Å². The maximum absolute atomic E-state index is 13.3. The van der Waals surface area contributed by atoms with Gasteiger partial charge in [-0.3, -0.25) is 14.2 Å². The van der Waals surface area contributed by atoms with Gasteiger partial charge >= 0.3 is 0 Å². The van der Waals surface area contributed by atoms with Gasteiger partial charge in [0.25, 0.3) is 5.56 Å². The highest BCUT2D eigenvalue weighted by atomic mass is 35.5. The predicted octanol–water partition coefficient (Wildman–Crippen LogP) is 5.50. The number of aromatic nitrogens is 1. The number of halogens is 2. The molecule has 2 aromatic rings. The quantitative estimate of drug-likeness (QED) is 0.390. The zero-order chi connectivity index (χ0) is 23.3. The Bertz CT molecular complexity index is 1060. The molecule has 31 heavy (non-hydrogen) atoms. The highest BCUT2D eigenvalue weighted by Crippen LogP contribution is 2.36. The lowest BCUT2D eigenvalue weighted by Crippen LogP contribution is -2.28. The van der Waals surface area contributed by atoms with E-state index in [1.807, 2.05) is 19.9 Å².